The minimum absolute atomic E-state index is 0.0281. The Labute approximate surface area is 140 Å². The van der Waals surface area contributed by atoms with E-state index in [0.717, 1.165) is 24.2 Å². The number of rotatable bonds is 3. The Balaban J connectivity index is 1.45. The van der Waals surface area contributed by atoms with Gasteiger partial charge in [-0.25, -0.2) is 9.97 Å². The van der Waals surface area contributed by atoms with Crippen LogP contribution in [0.1, 0.15) is 12.0 Å². The second-order valence-electron chi connectivity index (χ2n) is 6.46. The van der Waals surface area contributed by atoms with Gasteiger partial charge in [-0.3, -0.25) is 4.79 Å². The molecule has 24 heavy (non-hydrogen) atoms. The topological polar surface area (TPSA) is 67.4 Å². The molecule has 3 atom stereocenters. The number of morpholine rings is 1. The summed E-state index contributed by atoms with van der Waals surface area (Å²) in [4.78, 5) is 23.5. The number of amides is 1. The van der Waals surface area contributed by atoms with Gasteiger partial charge in [0.2, 0.25) is 11.9 Å². The van der Waals surface area contributed by atoms with Gasteiger partial charge in [0.15, 0.2) is 0 Å². The highest BCUT2D eigenvalue weighted by molar-refractivity contribution is 5.93. The lowest BCUT2D eigenvalue weighted by Gasteiger charge is -2.32. The molecule has 1 aromatic carbocycles. The van der Waals surface area contributed by atoms with Crippen molar-refractivity contribution in [2.24, 2.45) is 5.92 Å². The van der Waals surface area contributed by atoms with Gasteiger partial charge in [0.05, 0.1) is 18.1 Å². The first-order valence-electron chi connectivity index (χ1n) is 8.24. The van der Waals surface area contributed by atoms with Gasteiger partial charge in [-0.15, -0.1) is 0 Å². The van der Waals surface area contributed by atoms with E-state index in [2.05, 4.69) is 20.2 Å². The third-order valence-electron chi connectivity index (χ3n) is 4.59. The molecule has 2 aliphatic heterocycles. The third kappa shape index (κ3) is 2.97. The van der Waals surface area contributed by atoms with Crippen LogP contribution in [0.25, 0.3) is 0 Å². The number of aromatic nitrogens is 2. The number of hydrogen-bond donors (Lipinski definition) is 1. The quantitative estimate of drug-likeness (QED) is 0.935. The largest absolute Gasteiger partial charge is 0.370 e. The van der Waals surface area contributed by atoms with Gasteiger partial charge in [0, 0.05) is 31.2 Å². The van der Waals surface area contributed by atoms with Crippen LogP contribution in [-0.4, -0.2) is 41.2 Å². The first-order valence-corrected chi connectivity index (χ1v) is 8.24. The molecule has 3 heterocycles. The molecule has 2 fully saturated rings. The Bertz CT molecular complexity index is 720. The molecule has 4 rings (SSSR count). The smallest absolute Gasteiger partial charge is 0.230 e. The molecule has 2 saturated heterocycles. The van der Waals surface area contributed by atoms with Crippen LogP contribution in [0.2, 0.25) is 0 Å². The number of nitrogens with one attached hydrogen (secondary N) is 1. The van der Waals surface area contributed by atoms with Crippen LogP contribution >= 0.6 is 0 Å². The van der Waals surface area contributed by atoms with Crippen molar-refractivity contribution in [1.29, 1.82) is 0 Å². The summed E-state index contributed by atoms with van der Waals surface area (Å²) in [7, 11) is 0. The fourth-order valence-electron chi connectivity index (χ4n) is 3.40. The van der Waals surface area contributed by atoms with Gasteiger partial charge in [-0.2, -0.15) is 0 Å². The summed E-state index contributed by atoms with van der Waals surface area (Å²) in [5.74, 6) is 0.606. The van der Waals surface area contributed by atoms with E-state index < -0.39 is 0 Å². The van der Waals surface area contributed by atoms with Crippen molar-refractivity contribution in [3.05, 3.63) is 48.3 Å². The summed E-state index contributed by atoms with van der Waals surface area (Å²) in [6.45, 7) is 3.35. The van der Waals surface area contributed by atoms with E-state index in [1.165, 1.54) is 0 Å². The van der Waals surface area contributed by atoms with Gasteiger partial charge >= 0.3 is 0 Å². The van der Waals surface area contributed by atoms with Crippen LogP contribution in [0.3, 0.4) is 0 Å². The van der Waals surface area contributed by atoms with Gasteiger partial charge in [0.1, 0.15) is 0 Å². The average Bonchev–Trinajstić information content (AvgIpc) is 2.90. The first kappa shape index (κ1) is 15.1. The second kappa shape index (κ2) is 6.20. The molecule has 3 unspecified atom stereocenters. The van der Waals surface area contributed by atoms with E-state index in [1.807, 2.05) is 49.6 Å². The van der Waals surface area contributed by atoms with E-state index >= 15 is 0 Å². The van der Waals surface area contributed by atoms with E-state index in [4.69, 9.17) is 4.74 Å². The van der Waals surface area contributed by atoms with Crippen LogP contribution in [0, 0.1) is 12.8 Å². The maximum absolute atomic E-state index is 12.6. The monoisotopic (exact) mass is 324 g/mol. The highest BCUT2D eigenvalue weighted by Crippen LogP contribution is 2.33. The molecule has 2 bridgehead atoms. The summed E-state index contributed by atoms with van der Waals surface area (Å²) < 4.78 is 5.99. The number of ether oxygens (including phenoxy) is 1. The lowest BCUT2D eigenvalue weighted by Crippen LogP contribution is -2.45. The molecular weight excluding hydrogens is 304 g/mol. The number of para-hydroxylation sites is 1. The molecule has 0 aliphatic carbocycles. The zero-order valence-corrected chi connectivity index (χ0v) is 13.6. The Morgan fingerprint density at radius 1 is 1.21 bits per heavy atom. The average molecular weight is 324 g/mol. The van der Waals surface area contributed by atoms with Crippen LogP contribution in [0.4, 0.5) is 11.6 Å². The molecular formula is C18H20N4O2. The molecule has 1 N–H and O–H groups in total. The number of fused-ring (bicyclic) bond motifs is 2. The fraction of sp³-hybridized carbons (Fsp3) is 0.389. The van der Waals surface area contributed by atoms with Crippen molar-refractivity contribution in [1.82, 2.24) is 9.97 Å². The molecule has 1 amide bonds. The van der Waals surface area contributed by atoms with Crippen molar-refractivity contribution in [3.63, 3.8) is 0 Å². The Morgan fingerprint density at radius 2 is 1.96 bits per heavy atom. The van der Waals surface area contributed by atoms with Crippen LogP contribution < -0.4 is 10.2 Å². The number of benzene rings is 1. The highest BCUT2D eigenvalue weighted by atomic mass is 16.5. The normalized spacial score (nSPS) is 25.5. The molecule has 0 radical (unpaired) electrons. The number of nitrogens with zero attached hydrogens (tertiary/aromatic N) is 3. The van der Waals surface area contributed by atoms with E-state index in [1.54, 1.807) is 0 Å². The van der Waals surface area contributed by atoms with Crippen LogP contribution in [0.15, 0.2) is 42.7 Å². The van der Waals surface area contributed by atoms with Crippen LogP contribution in [0.5, 0.6) is 0 Å². The van der Waals surface area contributed by atoms with E-state index in [0.29, 0.717) is 12.5 Å². The first-order chi connectivity index (χ1) is 11.7. The van der Waals surface area contributed by atoms with Crippen molar-refractivity contribution in [2.45, 2.75) is 25.6 Å². The molecule has 1 aromatic heterocycles. The molecule has 0 saturated carbocycles. The Kier molecular flexibility index (Phi) is 3.90. The van der Waals surface area contributed by atoms with Crippen molar-refractivity contribution < 1.29 is 9.53 Å². The maximum Gasteiger partial charge on any atom is 0.230 e. The number of hydrogen-bond acceptors (Lipinski definition) is 5. The summed E-state index contributed by atoms with van der Waals surface area (Å²) in [5, 5.41) is 2.99. The van der Waals surface area contributed by atoms with Crippen molar-refractivity contribution >= 4 is 17.5 Å². The number of carbonyl (C=O) groups excluding carboxylic acids is 1. The molecule has 2 aliphatic rings. The zero-order chi connectivity index (χ0) is 16.5. The molecule has 2 aromatic rings. The summed E-state index contributed by atoms with van der Waals surface area (Å²) in [6, 6.07) is 9.55. The third-order valence-corrected chi connectivity index (χ3v) is 4.59. The lowest BCUT2D eigenvalue weighted by atomic mass is 9.99. The molecule has 124 valence electrons. The standard InChI is InChI=1S/C18H20N4O2/c1-12-8-19-18(20-9-12)22-10-14-7-15(16(11-22)24-14)17(23)21-13-5-3-2-4-6-13/h2-6,8-9,14-16H,7,10-11H2,1H3,(H,21,23). The zero-order valence-electron chi connectivity index (χ0n) is 13.6. The predicted molar refractivity (Wildman–Crippen MR) is 90.8 cm³/mol. The summed E-state index contributed by atoms with van der Waals surface area (Å²) in [5.41, 5.74) is 1.86. The minimum Gasteiger partial charge on any atom is -0.370 e. The van der Waals surface area contributed by atoms with Crippen molar-refractivity contribution in [3.8, 4) is 0 Å². The Morgan fingerprint density at radius 3 is 2.71 bits per heavy atom. The molecule has 6 nitrogen and oxygen atoms in total. The van der Waals surface area contributed by atoms with E-state index in [9.17, 15) is 4.79 Å². The van der Waals surface area contributed by atoms with Crippen LogP contribution in [-0.2, 0) is 9.53 Å². The molecule has 6 heteroatoms. The predicted octanol–water partition coefficient (Wildman–Crippen LogP) is 2.02. The fourth-order valence-corrected chi connectivity index (χ4v) is 3.40. The van der Waals surface area contributed by atoms with Gasteiger partial charge < -0.3 is 15.0 Å². The van der Waals surface area contributed by atoms with Gasteiger partial charge in [-0.1, -0.05) is 18.2 Å². The minimum atomic E-state index is -0.134. The SMILES string of the molecule is Cc1cnc(N2CC3CC(C(=O)Nc4ccccc4)C(C2)O3)nc1. The maximum atomic E-state index is 12.6. The van der Waals surface area contributed by atoms with E-state index in [-0.39, 0.29) is 24.0 Å². The Hall–Kier alpha value is -2.47. The number of carbonyl (C=O) groups is 1. The summed E-state index contributed by atoms with van der Waals surface area (Å²) >= 11 is 0. The summed E-state index contributed by atoms with van der Waals surface area (Å²) in [6.07, 6.45) is 4.32. The number of aryl methyl sites for hydroxylation is 1. The molecule has 0 spiro atoms. The number of anilines is 2. The lowest BCUT2D eigenvalue weighted by molar-refractivity contribution is -0.121. The van der Waals surface area contributed by atoms with Gasteiger partial charge in [0.25, 0.3) is 0 Å². The second-order valence-corrected chi connectivity index (χ2v) is 6.46. The van der Waals surface area contributed by atoms with Gasteiger partial charge in [-0.05, 0) is 31.0 Å². The highest BCUT2D eigenvalue weighted by Gasteiger charge is 2.45. The van der Waals surface area contributed by atoms with Crippen molar-refractivity contribution in [2.75, 3.05) is 23.3 Å².